The van der Waals surface area contributed by atoms with Crippen LogP contribution < -0.4 is 5.73 Å². The molecule has 0 radical (unpaired) electrons. The SMILES string of the molecule is COCC(N)c1nc2cc(F)ccc2s1. The van der Waals surface area contributed by atoms with Crippen LogP contribution in [0, 0.1) is 5.82 Å². The predicted octanol–water partition coefficient (Wildman–Crippen LogP) is 2.08. The summed E-state index contributed by atoms with van der Waals surface area (Å²) >= 11 is 1.47. The van der Waals surface area contributed by atoms with E-state index in [1.54, 1.807) is 13.2 Å². The van der Waals surface area contributed by atoms with E-state index < -0.39 is 0 Å². The molecule has 2 aromatic rings. The summed E-state index contributed by atoms with van der Waals surface area (Å²) in [6, 6.07) is 4.31. The lowest BCUT2D eigenvalue weighted by Gasteiger charge is -2.04. The summed E-state index contributed by atoms with van der Waals surface area (Å²) in [5, 5.41) is 0.775. The van der Waals surface area contributed by atoms with Gasteiger partial charge < -0.3 is 10.5 Å². The number of nitrogens with two attached hydrogens (primary N) is 1. The van der Waals surface area contributed by atoms with Crippen LogP contribution >= 0.6 is 11.3 Å². The van der Waals surface area contributed by atoms with Gasteiger partial charge in [-0.15, -0.1) is 11.3 Å². The zero-order valence-corrected chi connectivity index (χ0v) is 9.05. The topological polar surface area (TPSA) is 48.1 Å². The Bertz CT molecular complexity index is 471. The van der Waals surface area contributed by atoms with Crippen LogP contribution in [-0.4, -0.2) is 18.7 Å². The number of aromatic nitrogens is 1. The fourth-order valence-corrected chi connectivity index (χ4v) is 2.26. The summed E-state index contributed by atoms with van der Waals surface area (Å²) in [7, 11) is 1.59. The Morgan fingerprint density at radius 1 is 1.60 bits per heavy atom. The molecule has 0 saturated heterocycles. The Morgan fingerprint density at radius 2 is 2.40 bits per heavy atom. The summed E-state index contributed by atoms with van der Waals surface area (Å²) in [5.74, 6) is -0.278. The smallest absolute Gasteiger partial charge is 0.125 e. The van der Waals surface area contributed by atoms with Gasteiger partial charge in [0, 0.05) is 13.2 Å². The Kier molecular flexibility index (Phi) is 2.95. The number of rotatable bonds is 3. The normalized spacial score (nSPS) is 13.3. The lowest BCUT2D eigenvalue weighted by Crippen LogP contribution is -2.15. The zero-order valence-electron chi connectivity index (χ0n) is 8.24. The molecule has 80 valence electrons. The molecule has 0 aliphatic rings. The maximum Gasteiger partial charge on any atom is 0.125 e. The molecule has 3 nitrogen and oxygen atoms in total. The van der Waals surface area contributed by atoms with E-state index in [0.717, 1.165) is 9.71 Å². The van der Waals surface area contributed by atoms with Gasteiger partial charge in [-0.1, -0.05) is 0 Å². The van der Waals surface area contributed by atoms with Crippen molar-refractivity contribution in [2.45, 2.75) is 6.04 Å². The minimum absolute atomic E-state index is 0.240. The lowest BCUT2D eigenvalue weighted by molar-refractivity contribution is 0.181. The Balaban J connectivity index is 2.38. The standard InChI is InChI=1S/C10H11FN2OS/c1-14-5-7(12)10-13-8-4-6(11)2-3-9(8)15-10/h2-4,7H,5,12H2,1H3. The summed E-state index contributed by atoms with van der Waals surface area (Å²) in [6.45, 7) is 0.419. The molecular formula is C10H11FN2OS. The van der Waals surface area contributed by atoms with Crippen LogP contribution in [0.2, 0.25) is 0 Å². The summed E-state index contributed by atoms with van der Waals surface area (Å²) in [4.78, 5) is 4.27. The first kappa shape index (κ1) is 10.5. The van der Waals surface area contributed by atoms with Gasteiger partial charge in [0.05, 0.1) is 22.9 Å². The van der Waals surface area contributed by atoms with Gasteiger partial charge in [0.1, 0.15) is 10.8 Å². The number of fused-ring (bicyclic) bond motifs is 1. The number of hydrogen-bond acceptors (Lipinski definition) is 4. The molecule has 0 amide bonds. The van der Waals surface area contributed by atoms with Crippen molar-refractivity contribution >= 4 is 21.6 Å². The van der Waals surface area contributed by atoms with Crippen molar-refractivity contribution in [2.75, 3.05) is 13.7 Å². The first-order chi connectivity index (χ1) is 7.20. The molecular weight excluding hydrogens is 215 g/mol. The monoisotopic (exact) mass is 226 g/mol. The van der Waals surface area contributed by atoms with E-state index in [9.17, 15) is 4.39 Å². The Morgan fingerprint density at radius 3 is 3.13 bits per heavy atom. The zero-order chi connectivity index (χ0) is 10.8. The van der Waals surface area contributed by atoms with E-state index in [-0.39, 0.29) is 11.9 Å². The van der Waals surface area contributed by atoms with E-state index in [1.165, 1.54) is 23.5 Å². The van der Waals surface area contributed by atoms with Crippen LogP contribution in [0.3, 0.4) is 0 Å². The number of thiazole rings is 1. The minimum Gasteiger partial charge on any atom is -0.383 e. The molecule has 1 heterocycles. The third-order valence-corrected chi connectivity index (χ3v) is 3.20. The second-order valence-electron chi connectivity index (χ2n) is 3.23. The van der Waals surface area contributed by atoms with Crippen LogP contribution in [0.25, 0.3) is 10.2 Å². The average Bonchev–Trinajstić information content (AvgIpc) is 2.60. The number of nitrogens with zero attached hydrogens (tertiary/aromatic N) is 1. The van der Waals surface area contributed by atoms with Gasteiger partial charge >= 0.3 is 0 Å². The van der Waals surface area contributed by atoms with Gasteiger partial charge in [-0.05, 0) is 12.1 Å². The molecule has 0 bridgehead atoms. The van der Waals surface area contributed by atoms with Crippen LogP contribution in [0.1, 0.15) is 11.0 Å². The largest absolute Gasteiger partial charge is 0.383 e. The fourth-order valence-electron chi connectivity index (χ4n) is 1.33. The van der Waals surface area contributed by atoms with E-state index in [0.29, 0.717) is 12.1 Å². The fraction of sp³-hybridized carbons (Fsp3) is 0.300. The van der Waals surface area contributed by atoms with Gasteiger partial charge in [0.15, 0.2) is 0 Å². The molecule has 2 rings (SSSR count). The molecule has 0 spiro atoms. The van der Waals surface area contributed by atoms with Crippen LogP contribution in [0.5, 0.6) is 0 Å². The van der Waals surface area contributed by atoms with Crippen molar-refractivity contribution in [1.82, 2.24) is 4.98 Å². The van der Waals surface area contributed by atoms with Gasteiger partial charge in [0.25, 0.3) is 0 Å². The summed E-state index contributed by atoms with van der Waals surface area (Å²) in [5.41, 5.74) is 6.49. The number of hydrogen-bond donors (Lipinski definition) is 1. The molecule has 0 aliphatic heterocycles. The lowest BCUT2D eigenvalue weighted by atomic mass is 10.3. The molecule has 0 saturated carbocycles. The highest BCUT2D eigenvalue weighted by atomic mass is 32.1. The van der Waals surface area contributed by atoms with Crippen molar-refractivity contribution in [3.05, 3.63) is 29.0 Å². The van der Waals surface area contributed by atoms with Crippen LogP contribution in [-0.2, 0) is 4.74 Å². The van der Waals surface area contributed by atoms with Gasteiger partial charge in [0.2, 0.25) is 0 Å². The molecule has 0 fully saturated rings. The number of halogens is 1. The highest BCUT2D eigenvalue weighted by molar-refractivity contribution is 7.18. The van der Waals surface area contributed by atoms with E-state index >= 15 is 0 Å². The quantitative estimate of drug-likeness (QED) is 0.871. The van der Waals surface area contributed by atoms with Gasteiger partial charge in [-0.25, -0.2) is 9.37 Å². The Labute approximate surface area is 90.7 Å². The van der Waals surface area contributed by atoms with E-state index in [1.807, 2.05) is 0 Å². The highest BCUT2D eigenvalue weighted by Gasteiger charge is 2.11. The van der Waals surface area contributed by atoms with Crippen LogP contribution in [0.15, 0.2) is 18.2 Å². The second kappa shape index (κ2) is 4.22. The van der Waals surface area contributed by atoms with E-state index in [4.69, 9.17) is 10.5 Å². The first-order valence-corrected chi connectivity index (χ1v) is 5.33. The third kappa shape index (κ3) is 2.14. The van der Waals surface area contributed by atoms with Gasteiger partial charge in [-0.3, -0.25) is 0 Å². The van der Waals surface area contributed by atoms with Crippen molar-refractivity contribution < 1.29 is 9.13 Å². The van der Waals surface area contributed by atoms with E-state index in [2.05, 4.69) is 4.98 Å². The second-order valence-corrected chi connectivity index (χ2v) is 4.29. The molecule has 2 N–H and O–H groups in total. The number of benzene rings is 1. The first-order valence-electron chi connectivity index (χ1n) is 4.51. The van der Waals surface area contributed by atoms with Gasteiger partial charge in [-0.2, -0.15) is 0 Å². The molecule has 1 aromatic heterocycles. The third-order valence-electron chi connectivity index (χ3n) is 2.03. The molecule has 5 heteroatoms. The average molecular weight is 226 g/mol. The summed E-state index contributed by atoms with van der Waals surface area (Å²) in [6.07, 6.45) is 0. The maximum atomic E-state index is 12.9. The number of ether oxygens (including phenoxy) is 1. The molecule has 1 aromatic carbocycles. The van der Waals surface area contributed by atoms with Crippen molar-refractivity contribution in [3.63, 3.8) is 0 Å². The van der Waals surface area contributed by atoms with Crippen molar-refractivity contribution in [3.8, 4) is 0 Å². The predicted molar refractivity (Wildman–Crippen MR) is 58.4 cm³/mol. The minimum atomic E-state index is -0.278. The highest BCUT2D eigenvalue weighted by Crippen LogP contribution is 2.25. The van der Waals surface area contributed by atoms with Crippen LogP contribution in [0.4, 0.5) is 4.39 Å². The maximum absolute atomic E-state index is 12.9. The van der Waals surface area contributed by atoms with Crippen molar-refractivity contribution in [1.29, 1.82) is 0 Å². The molecule has 0 aliphatic carbocycles. The Hall–Kier alpha value is -1.04. The summed E-state index contributed by atoms with van der Waals surface area (Å²) < 4.78 is 18.8. The molecule has 1 atom stereocenters. The molecule has 1 unspecified atom stereocenters. The number of methoxy groups -OCH3 is 1. The molecule has 15 heavy (non-hydrogen) atoms. The van der Waals surface area contributed by atoms with Crippen molar-refractivity contribution in [2.24, 2.45) is 5.73 Å².